The fraction of sp³-hybridized carbons (Fsp3) is 0.462. The minimum atomic E-state index is -0.169. The zero-order valence-corrected chi connectivity index (χ0v) is 10.9. The van der Waals surface area contributed by atoms with E-state index in [1.807, 2.05) is 11.0 Å². The molecule has 2 heterocycles. The Hall–Kier alpha value is -1.60. The van der Waals surface area contributed by atoms with Crippen LogP contribution >= 0.6 is 11.6 Å². The van der Waals surface area contributed by atoms with Gasteiger partial charge >= 0.3 is 0 Å². The van der Waals surface area contributed by atoms with Crippen LogP contribution < -0.4 is 4.90 Å². The van der Waals surface area contributed by atoms with Crippen LogP contribution in [0, 0.1) is 11.3 Å². The molecule has 2 rings (SSSR count). The zero-order valence-electron chi connectivity index (χ0n) is 10.2. The number of nitrogens with zero attached hydrogens (tertiary/aromatic N) is 3. The molecule has 1 atom stereocenters. The molecule has 0 radical (unpaired) electrons. The van der Waals surface area contributed by atoms with Crippen molar-refractivity contribution in [3.05, 3.63) is 22.8 Å². The Morgan fingerprint density at radius 2 is 2.39 bits per heavy atom. The van der Waals surface area contributed by atoms with Gasteiger partial charge in [-0.2, -0.15) is 5.26 Å². The van der Waals surface area contributed by atoms with Crippen LogP contribution in [0.2, 0.25) is 5.02 Å². The zero-order chi connectivity index (χ0) is 13.1. The van der Waals surface area contributed by atoms with Gasteiger partial charge in [-0.3, -0.25) is 4.79 Å². The molecule has 0 aromatic carbocycles. The monoisotopic (exact) mass is 263 g/mol. The Kier molecular flexibility index (Phi) is 3.83. The lowest BCUT2D eigenvalue weighted by Crippen LogP contribution is -2.44. The van der Waals surface area contributed by atoms with Crippen LogP contribution in [0.5, 0.6) is 0 Å². The van der Waals surface area contributed by atoms with E-state index in [1.165, 1.54) is 0 Å². The Morgan fingerprint density at radius 1 is 1.61 bits per heavy atom. The number of hydrogen-bond acceptors (Lipinski definition) is 4. The van der Waals surface area contributed by atoms with Gasteiger partial charge in [0.25, 0.3) is 0 Å². The van der Waals surface area contributed by atoms with Crippen LogP contribution in [0.1, 0.15) is 31.7 Å². The van der Waals surface area contributed by atoms with E-state index >= 15 is 0 Å². The maximum Gasteiger partial charge on any atom is 0.152 e. The van der Waals surface area contributed by atoms with Crippen molar-refractivity contribution in [2.75, 3.05) is 11.4 Å². The van der Waals surface area contributed by atoms with E-state index in [9.17, 15) is 4.79 Å². The summed E-state index contributed by atoms with van der Waals surface area (Å²) in [7, 11) is 0. The highest BCUT2D eigenvalue weighted by Crippen LogP contribution is 2.31. The third-order valence-electron chi connectivity index (χ3n) is 3.24. The number of anilines is 1. The van der Waals surface area contributed by atoms with Crippen LogP contribution in [0.15, 0.2) is 12.3 Å². The first-order valence-electron chi connectivity index (χ1n) is 5.97. The maximum atomic E-state index is 11.7. The lowest BCUT2D eigenvalue weighted by Gasteiger charge is -2.35. The van der Waals surface area contributed by atoms with Gasteiger partial charge in [-0.15, -0.1) is 0 Å². The summed E-state index contributed by atoms with van der Waals surface area (Å²) in [5.74, 6) is 0.672. The number of ketones is 1. The first-order valence-corrected chi connectivity index (χ1v) is 6.34. The minimum absolute atomic E-state index is 0.120. The number of nitriles is 1. The van der Waals surface area contributed by atoms with Gasteiger partial charge in [-0.05, 0) is 32.3 Å². The smallest absolute Gasteiger partial charge is 0.152 e. The van der Waals surface area contributed by atoms with E-state index in [-0.39, 0.29) is 11.8 Å². The number of rotatable bonds is 2. The van der Waals surface area contributed by atoms with Gasteiger partial charge in [0.15, 0.2) is 5.78 Å². The minimum Gasteiger partial charge on any atom is -0.345 e. The van der Waals surface area contributed by atoms with Crippen LogP contribution in [0.3, 0.4) is 0 Å². The molecule has 0 spiro atoms. The summed E-state index contributed by atoms with van der Waals surface area (Å²) in [5.41, 5.74) is 0.398. The van der Waals surface area contributed by atoms with Crippen LogP contribution in [-0.4, -0.2) is 23.4 Å². The molecule has 1 aliphatic heterocycles. The average Bonchev–Trinajstić information content (AvgIpc) is 2.39. The fourth-order valence-electron chi connectivity index (χ4n) is 2.33. The Balaban J connectivity index is 2.40. The molecule has 0 saturated carbocycles. The predicted octanol–water partition coefficient (Wildman–Crippen LogP) is 2.55. The highest BCUT2D eigenvalue weighted by atomic mass is 35.5. The van der Waals surface area contributed by atoms with E-state index in [4.69, 9.17) is 16.9 Å². The highest BCUT2D eigenvalue weighted by Gasteiger charge is 2.28. The molecule has 1 aromatic rings. The largest absolute Gasteiger partial charge is 0.345 e. The number of carbonyl (C=O) groups is 1. The third kappa shape index (κ3) is 2.32. The van der Waals surface area contributed by atoms with Crippen molar-refractivity contribution in [2.45, 2.75) is 32.2 Å². The number of carbonyl (C=O) groups excluding carboxylic acids is 1. The van der Waals surface area contributed by atoms with E-state index in [0.29, 0.717) is 16.4 Å². The van der Waals surface area contributed by atoms with Crippen molar-refractivity contribution in [1.82, 2.24) is 4.98 Å². The van der Waals surface area contributed by atoms with Crippen molar-refractivity contribution >= 4 is 23.2 Å². The summed E-state index contributed by atoms with van der Waals surface area (Å²) < 4.78 is 0. The molecule has 1 fully saturated rings. The van der Waals surface area contributed by atoms with Gasteiger partial charge in [0, 0.05) is 12.7 Å². The Morgan fingerprint density at radius 3 is 3.06 bits per heavy atom. The molecular weight excluding hydrogens is 250 g/mol. The second-order valence-corrected chi connectivity index (χ2v) is 4.80. The first kappa shape index (κ1) is 12.8. The molecule has 94 valence electrons. The Labute approximate surface area is 111 Å². The van der Waals surface area contributed by atoms with Gasteiger partial charge < -0.3 is 4.90 Å². The van der Waals surface area contributed by atoms with Crippen LogP contribution in [0.25, 0.3) is 0 Å². The van der Waals surface area contributed by atoms with E-state index in [2.05, 4.69) is 4.98 Å². The van der Waals surface area contributed by atoms with E-state index in [1.54, 1.807) is 19.2 Å². The molecule has 0 N–H and O–H groups in total. The molecular formula is C13H14ClN3O. The number of aromatic nitrogens is 1. The molecule has 1 saturated heterocycles. The maximum absolute atomic E-state index is 11.7. The van der Waals surface area contributed by atoms with Crippen molar-refractivity contribution in [3.63, 3.8) is 0 Å². The number of Topliss-reactive ketones (excluding diaryl/α,β-unsaturated/α-hetero) is 1. The molecule has 0 bridgehead atoms. The molecule has 5 heteroatoms. The second-order valence-electron chi connectivity index (χ2n) is 4.42. The number of piperidine rings is 1. The number of hydrogen-bond donors (Lipinski definition) is 0. The molecule has 1 aromatic heterocycles. The molecule has 4 nitrogen and oxygen atoms in total. The van der Waals surface area contributed by atoms with E-state index in [0.717, 1.165) is 25.8 Å². The number of halogens is 1. The summed E-state index contributed by atoms with van der Waals surface area (Å²) in [5, 5.41) is 9.31. The van der Waals surface area contributed by atoms with Crippen molar-refractivity contribution in [1.29, 1.82) is 5.26 Å². The second kappa shape index (κ2) is 5.36. The number of pyridine rings is 1. The molecule has 1 aliphatic rings. The fourth-order valence-corrected chi connectivity index (χ4v) is 2.59. The van der Waals surface area contributed by atoms with Gasteiger partial charge in [-0.25, -0.2) is 4.98 Å². The van der Waals surface area contributed by atoms with Gasteiger partial charge in [0.1, 0.15) is 16.9 Å². The van der Waals surface area contributed by atoms with E-state index < -0.39 is 0 Å². The summed E-state index contributed by atoms with van der Waals surface area (Å²) in [4.78, 5) is 17.8. The Bertz CT molecular complexity index is 509. The lowest BCUT2D eigenvalue weighted by molar-refractivity contribution is -0.118. The topological polar surface area (TPSA) is 57.0 Å². The first-order chi connectivity index (χ1) is 8.65. The molecule has 18 heavy (non-hydrogen) atoms. The van der Waals surface area contributed by atoms with Crippen molar-refractivity contribution < 1.29 is 4.79 Å². The quantitative estimate of drug-likeness (QED) is 0.823. The molecule has 0 amide bonds. The average molecular weight is 264 g/mol. The van der Waals surface area contributed by atoms with Gasteiger partial charge in [-0.1, -0.05) is 11.6 Å². The summed E-state index contributed by atoms with van der Waals surface area (Å²) in [6, 6.07) is 3.45. The summed E-state index contributed by atoms with van der Waals surface area (Å²) >= 11 is 6.17. The highest BCUT2D eigenvalue weighted by molar-refractivity contribution is 6.34. The third-order valence-corrected chi connectivity index (χ3v) is 3.61. The van der Waals surface area contributed by atoms with Crippen LogP contribution in [-0.2, 0) is 4.79 Å². The van der Waals surface area contributed by atoms with Crippen molar-refractivity contribution in [3.8, 4) is 6.07 Å². The summed E-state index contributed by atoms with van der Waals surface area (Å²) in [6.45, 7) is 2.34. The molecule has 0 aliphatic carbocycles. The van der Waals surface area contributed by atoms with Crippen LogP contribution in [0.4, 0.5) is 5.82 Å². The molecule has 1 unspecified atom stereocenters. The van der Waals surface area contributed by atoms with Gasteiger partial charge in [0.2, 0.25) is 0 Å². The summed E-state index contributed by atoms with van der Waals surface area (Å²) in [6.07, 6.45) is 4.44. The lowest BCUT2D eigenvalue weighted by atomic mass is 9.99. The SMILES string of the molecule is CC(=O)C1CCCCN1c1nccc(C#N)c1Cl. The van der Waals surface area contributed by atoms with Gasteiger partial charge in [0.05, 0.1) is 11.6 Å². The standard InChI is InChI=1S/C13H14ClN3O/c1-9(18)11-4-2-3-7-17(11)13-12(14)10(8-15)5-6-16-13/h5-6,11H,2-4,7H2,1H3. The normalized spacial score (nSPS) is 19.4. The predicted molar refractivity (Wildman–Crippen MR) is 69.6 cm³/mol. The van der Waals surface area contributed by atoms with Crippen molar-refractivity contribution in [2.24, 2.45) is 0 Å².